The van der Waals surface area contributed by atoms with Crippen LogP contribution in [0.3, 0.4) is 0 Å². The monoisotopic (exact) mass is 208 g/mol. The zero-order valence-corrected chi connectivity index (χ0v) is 9.27. The number of phenols is 1. The molecule has 0 atom stereocenters. The molecule has 0 aliphatic rings. The van der Waals surface area contributed by atoms with Crippen LogP contribution in [0, 0.1) is 0 Å². The van der Waals surface area contributed by atoms with Crippen molar-refractivity contribution < 1.29 is 9.84 Å². The minimum Gasteiger partial charge on any atom is -0.504 e. The molecular formula is C11H16N2O2. The number of phenolic OH excluding ortho intramolecular Hbond substituents is 1. The Morgan fingerprint density at radius 2 is 2.20 bits per heavy atom. The Balaban J connectivity index is 2.87. The molecule has 4 heteroatoms. The van der Waals surface area contributed by atoms with Crippen molar-refractivity contribution >= 4 is 6.21 Å². The lowest BCUT2D eigenvalue weighted by Gasteiger charge is -2.07. The van der Waals surface area contributed by atoms with Crippen LogP contribution in [0.5, 0.6) is 11.5 Å². The molecule has 0 aliphatic heterocycles. The second-order valence-electron chi connectivity index (χ2n) is 3.25. The fourth-order valence-corrected chi connectivity index (χ4v) is 1.06. The van der Waals surface area contributed by atoms with Crippen LogP contribution in [0.1, 0.15) is 12.5 Å². The van der Waals surface area contributed by atoms with E-state index in [1.165, 1.54) is 0 Å². The van der Waals surface area contributed by atoms with Crippen molar-refractivity contribution in [2.75, 3.05) is 20.7 Å². The lowest BCUT2D eigenvalue weighted by molar-refractivity contribution is 0.318. The van der Waals surface area contributed by atoms with Gasteiger partial charge in [-0.05, 0) is 30.7 Å². The van der Waals surface area contributed by atoms with Crippen molar-refractivity contribution in [3.8, 4) is 11.5 Å². The second kappa shape index (κ2) is 5.24. The summed E-state index contributed by atoms with van der Waals surface area (Å²) in [6.07, 6.45) is 1.71. The maximum atomic E-state index is 9.46. The van der Waals surface area contributed by atoms with Crippen LogP contribution in [0.2, 0.25) is 0 Å². The second-order valence-corrected chi connectivity index (χ2v) is 3.25. The van der Waals surface area contributed by atoms with Crippen molar-refractivity contribution in [1.82, 2.24) is 5.01 Å². The van der Waals surface area contributed by atoms with Crippen molar-refractivity contribution in [3.05, 3.63) is 23.8 Å². The Morgan fingerprint density at radius 3 is 2.80 bits per heavy atom. The molecule has 4 nitrogen and oxygen atoms in total. The van der Waals surface area contributed by atoms with Crippen molar-refractivity contribution in [3.63, 3.8) is 0 Å². The topological polar surface area (TPSA) is 45.1 Å². The molecule has 0 radical (unpaired) electrons. The molecule has 0 amide bonds. The third-order valence-electron chi connectivity index (χ3n) is 1.72. The summed E-state index contributed by atoms with van der Waals surface area (Å²) in [6.45, 7) is 2.40. The van der Waals surface area contributed by atoms with E-state index < -0.39 is 0 Å². The Kier molecular flexibility index (Phi) is 3.97. The van der Waals surface area contributed by atoms with Gasteiger partial charge in [0.05, 0.1) is 12.8 Å². The van der Waals surface area contributed by atoms with Crippen LogP contribution in [-0.2, 0) is 0 Å². The molecule has 1 aromatic rings. The average Bonchev–Trinajstić information content (AvgIpc) is 2.19. The molecule has 1 aromatic carbocycles. The van der Waals surface area contributed by atoms with Gasteiger partial charge >= 0.3 is 0 Å². The van der Waals surface area contributed by atoms with Crippen LogP contribution < -0.4 is 4.74 Å². The third-order valence-corrected chi connectivity index (χ3v) is 1.72. The van der Waals surface area contributed by atoms with Crippen LogP contribution >= 0.6 is 0 Å². The molecule has 0 spiro atoms. The number of rotatable bonds is 4. The number of aromatic hydroxyl groups is 1. The molecule has 0 saturated carbocycles. The zero-order valence-electron chi connectivity index (χ0n) is 9.27. The largest absolute Gasteiger partial charge is 0.504 e. The number of hydrogen-bond acceptors (Lipinski definition) is 4. The smallest absolute Gasteiger partial charge is 0.161 e. The molecule has 0 aromatic heterocycles. The molecule has 0 saturated heterocycles. The molecular weight excluding hydrogens is 192 g/mol. The predicted octanol–water partition coefficient (Wildman–Crippen LogP) is 1.69. The van der Waals surface area contributed by atoms with Crippen molar-refractivity contribution in [2.45, 2.75) is 6.92 Å². The fraction of sp³-hybridized carbons (Fsp3) is 0.364. The summed E-state index contributed by atoms with van der Waals surface area (Å²) < 4.78 is 5.26. The van der Waals surface area contributed by atoms with Gasteiger partial charge in [0.25, 0.3) is 0 Å². The molecule has 0 fully saturated rings. The van der Waals surface area contributed by atoms with E-state index in [2.05, 4.69) is 5.10 Å². The highest BCUT2D eigenvalue weighted by molar-refractivity contribution is 5.80. The highest BCUT2D eigenvalue weighted by Crippen LogP contribution is 2.26. The van der Waals surface area contributed by atoms with Crippen molar-refractivity contribution in [2.24, 2.45) is 5.10 Å². The summed E-state index contributed by atoms with van der Waals surface area (Å²) in [5.41, 5.74) is 0.893. The quantitative estimate of drug-likeness (QED) is 0.605. The van der Waals surface area contributed by atoms with Crippen LogP contribution in [0.15, 0.2) is 23.3 Å². The lowest BCUT2D eigenvalue weighted by atomic mass is 10.2. The Hall–Kier alpha value is -1.71. The van der Waals surface area contributed by atoms with Gasteiger partial charge in [-0.3, -0.25) is 0 Å². The van der Waals surface area contributed by atoms with E-state index in [0.717, 1.165) is 5.56 Å². The lowest BCUT2D eigenvalue weighted by Crippen LogP contribution is -2.02. The van der Waals surface area contributed by atoms with E-state index in [1.807, 2.05) is 21.0 Å². The molecule has 0 heterocycles. The van der Waals surface area contributed by atoms with E-state index in [0.29, 0.717) is 12.4 Å². The van der Waals surface area contributed by atoms with E-state index in [-0.39, 0.29) is 5.75 Å². The summed E-state index contributed by atoms with van der Waals surface area (Å²) in [5, 5.41) is 15.3. The number of benzene rings is 1. The van der Waals surface area contributed by atoms with E-state index in [4.69, 9.17) is 4.74 Å². The average molecular weight is 208 g/mol. The molecule has 0 aliphatic carbocycles. The normalized spacial score (nSPS) is 10.6. The summed E-state index contributed by atoms with van der Waals surface area (Å²) in [5.74, 6) is 0.638. The third kappa shape index (κ3) is 3.50. The van der Waals surface area contributed by atoms with Crippen LogP contribution in [0.25, 0.3) is 0 Å². The molecule has 15 heavy (non-hydrogen) atoms. The Bertz CT molecular complexity index is 348. The SMILES string of the molecule is CCOc1cc(/C=N\N(C)C)ccc1O. The van der Waals surface area contributed by atoms with Gasteiger partial charge in [-0.15, -0.1) is 0 Å². The van der Waals surface area contributed by atoms with E-state index in [9.17, 15) is 5.11 Å². The Labute approximate surface area is 89.8 Å². The summed E-state index contributed by atoms with van der Waals surface area (Å²) in [6, 6.07) is 5.14. The van der Waals surface area contributed by atoms with Gasteiger partial charge in [-0.1, -0.05) is 0 Å². The van der Waals surface area contributed by atoms with Gasteiger partial charge in [-0.2, -0.15) is 5.10 Å². The van der Waals surface area contributed by atoms with Gasteiger partial charge in [0.15, 0.2) is 11.5 Å². The van der Waals surface area contributed by atoms with Gasteiger partial charge in [-0.25, -0.2) is 0 Å². The maximum absolute atomic E-state index is 9.46. The van der Waals surface area contributed by atoms with Crippen molar-refractivity contribution in [1.29, 1.82) is 0 Å². The first-order valence-electron chi connectivity index (χ1n) is 4.80. The highest BCUT2D eigenvalue weighted by Gasteiger charge is 2.01. The Morgan fingerprint density at radius 1 is 1.47 bits per heavy atom. The molecule has 0 unspecified atom stereocenters. The van der Waals surface area contributed by atoms with Gasteiger partial charge < -0.3 is 14.9 Å². The summed E-state index contributed by atoms with van der Waals surface area (Å²) in [4.78, 5) is 0. The first kappa shape index (κ1) is 11.4. The first-order valence-corrected chi connectivity index (χ1v) is 4.80. The summed E-state index contributed by atoms with van der Waals surface area (Å²) >= 11 is 0. The number of ether oxygens (including phenoxy) is 1. The number of hydrogen-bond donors (Lipinski definition) is 1. The van der Waals surface area contributed by atoms with Gasteiger partial charge in [0, 0.05) is 14.1 Å². The zero-order chi connectivity index (χ0) is 11.3. The standard InChI is InChI=1S/C11H16N2O2/c1-4-15-11-7-9(5-6-10(11)14)8-12-13(2)3/h5-8,14H,4H2,1-3H3/b12-8-. The maximum Gasteiger partial charge on any atom is 0.161 e. The van der Waals surface area contributed by atoms with Crippen LogP contribution in [-0.4, -0.2) is 37.0 Å². The minimum atomic E-state index is 0.152. The summed E-state index contributed by atoms with van der Waals surface area (Å²) in [7, 11) is 3.70. The van der Waals surface area contributed by atoms with Gasteiger partial charge in [0.1, 0.15) is 0 Å². The fourth-order valence-electron chi connectivity index (χ4n) is 1.06. The van der Waals surface area contributed by atoms with Crippen LogP contribution in [0.4, 0.5) is 0 Å². The minimum absolute atomic E-state index is 0.152. The predicted molar refractivity (Wildman–Crippen MR) is 60.6 cm³/mol. The highest BCUT2D eigenvalue weighted by atomic mass is 16.5. The number of nitrogens with zero attached hydrogens (tertiary/aromatic N) is 2. The number of hydrazone groups is 1. The molecule has 1 N–H and O–H groups in total. The van der Waals surface area contributed by atoms with E-state index >= 15 is 0 Å². The van der Waals surface area contributed by atoms with E-state index in [1.54, 1.807) is 29.4 Å². The molecule has 1 rings (SSSR count). The molecule has 82 valence electrons. The molecule has 0 bridgehead atoms. The van der Waals surface area contributed by atoms with Gasteiger partial charge in [0.2, 0.25) is 0 Å². The first-order chi connectivity index (χ1) is 7.13.